The molecule has 1 saturated heterocycles. The van der Waals surface area contributed by atoms with Crippen LogP contribution in [0, 0.1) is 11.8 Å². The molecule has 0 aliphatic carbocycles. The minimum absolute atomic E-state index is 0.552. The van der Waals surface area contributed by atoms with Gasteiger partial charge < -0.3 is 29.9 Å². The van der Waals surface area contributed by atoms with Gasteiger partial charge >= 0.3 is 11.9 Å². The van der Waals surface area contributed by atoms with E-state index in [1.165, 1.54) is 19.9 Å². The van der Waals surface area contributed by atoms with Gasteiger partial charge in [-0.1, -0.05) is 26.7 Å². The Bertz CT molecular complexity index is 562. The van der Waals surface area contributed by atoms with Gasteiger partial charge in [0, 0.05) is 12.0 Å². The number of carboxylic acid groups (broad SMARTS) is 1. The molecule has 1 rings (SSSR count). The molecule has 8 nitrogen and oxygen atoms in total. The van der Waals surface area contributed by atoms with Crippen LogP contribution in [0.15, 0.2) is 12.2 Å². The zero-order chi connectivity index (χ0) is 21.6. The number of hydrogen-bond acceptors (Lipinski definition) is 7. The van der Waals surface area contributed by atoms with Crippen molar-refractivity contribution in [2.24, 2.45) is 11.8 Å². The number of esters is 1. The standard InChI is InChI=1S/C20H34O8/c1-6-7-8-14(21)9-10-15(22)27-16-11(2)17(23)20(5,28-13(16)4)18(24)12(3)19(25)26/h9-14,16-18,21,23-24H,6-8H2,1-5H3,(H,25,26)/b10-9+/t11-,12-,13+,14+,16-,17+,18+,20+/m1/s1. The first-order chi connectivity index (χ1) is 13.0. The van der Waals surface area contributed by atoms with Gasteiger partial charge in [-0.15, -0.1) is 0 Å². The fourth-order valence-electron chi connectivity index (χ4n) is 3.62. The van der Waals surface area contributed by atoms with E-state index < -0.39 is 59.9 Å². The molecule has 1 heterocycles. The second kappa shape index (κ2) is 10.3. The topological polar surface area (TPSA) is 134 Å². The second-order valence-corrected chi connectivity index (χ2v) is 7.85. The van der Waals surface area contributed by atoms with Crippen LogP contribution in [0.4, 0.5) is 0 Å². The summed E-state index contributed by atoms with van der Waals surface area (Å²) < 4.78 is 11.2. The molecule has 0 saturated carbocycles. The molecule has 1 aliphatic rings. The van der Waals surface area contributed by atoms with Gasteiger partial charge in [-0.3, -0.25) is 4.79 Å². The smallest absolute Gasteiger partial charge is 0.330 e. The predicted octanol–water partition coefficient (Wildman–Crippen LogP) is 1.26. The number of carboxylic acids is 1. The Labute approximate surface area is 166 Å². The van der Waals surface area contributed by atoms with Gasteiger partial charge in [0.05, 0.1) is 30.3 Å². The SMILES string of the molecule is CCCC[C@H](O)/C=C/C(=O)O[C@@H]1[C@@H](C)[C@H](O)[C@@](C)([C@@H](O)[C@@H](C)C(=O)O)O[C@H]1C. The van der Waals surface area contributed by atoms with E-state index >= 15 is 0 Å². The molecule has 4 N–H and O–H groups in total. The number of unbranched alkanes of at least 4 members (excludes halogenated alkanes) is 1. The Morgan fingerprint density at radius 2 is 1.89 bits per heavy atom. The highest BCUT2D eigenvalue weighted by atomic mass is 16.6. The van der Waals surface area contributed by atoms with Crippen molar-refractivity contribution in [3.05, 3.63) is 12.2 Å². The quantitative estimate of drug-likeness (QED) is 0.335. The molecular formula is C20H34O8. The summed E-state index contributed by atoms with van der Waals surface area (Å²) in [6.07, 6.45) is -0.0476. The lowest BCUT2D eigenvalue weighted by Crippen LogP contribution is -2.65. The minimum atomic E-state index is -1.52. The van der Waals surface area contributed by atoms with Crippen molar-refractivity contribution in [1.29, 1.82) is 0 Å². The molecule has 0 aromatic rings. The van der Waals surface area contributed by atoms with Gasteiger partial charge in [0.1, 0.15) is 11.7 Å². The van der Waals surface area contributed by atoms with Crippen LogP contribution < -0.4 is 0 Å². The molecule has 0 bridgehead atoms. The van der Waals surface area contributed by atoms with E-state index in [1.807, 2.05) is 6.92 Å². The van der Waals surface area contributed by atoms with Crippen LogP contribution in [-0.2, 0) is 19.1 Å². The third-order valence-electron chi connectivity index (χ3n) is 5.52. The van der Waals surface area contributed by atoms with Gasteiger partial charge in [-0.05, 0) is 33.3 Å². The van der Waals surface area contributed by atoms with Crippen molar-refractivity contribution < 1.29 is 39.5 Å². The zero-order valence-electron chi connectivity index (χ0n) is 17.2. The summed E-state index contributed by atoms with van der Waals surface area (Å²) >= 11 is 0. The number of carbonyl (C=O) groups excluding carboxylic acids is 1. The van der Waals surface area contributed by atoms with E-state index in [4.69, 9.17) is 14.6 Å². The normalized spacial score (nSPS) is 34.0. The number of rotatable bonds is 9. The van der Waals surface area contributed by atoms with E-state index in [1.54, 1.807) is 13.8 Å². The second-order valence-electron chi connectivity index (χ2n) is 7.85. The Morgan fingerprint density at radius 1 is 1.29 bits per heavy atom. The lowest BCUT2D eigenvalue weighted by atomic mass is 9.75. The maximum Gasteiger partial charge on any atom is 0.330 e. The van der Waals surface area contributed by atoms with Crippen LogP contribution in [0.2, 0.25) is 0 Å². The first-order valence-corrected chi connectivity index (χ1v) is 9.79. The molecule has 1 aliphatic heterocycles. The predicted molar refractivity (Wildman–Crippen MR) is 101 cm³/mol. The monoisotopic (exact) mass is 402 g/mol. The van der Waals surface area contributed by atoms with Crippen LogP contribution in [0.3, 0.4) is 0 Å². The molecule has 8 heteroatoms. The molecule has 1 fully saturated rings. The third-order valence-corrected chi connectivity index (χ3v) is 5.52. The molecule has 0 unspecified atom stereocenters. The number of ether oxygens (including phenoxy) is 2. The highest BCUT2D eigenvalue weighted by Crippen LogP contribution is 2.39. The summed E-state index contributed by atoms with van der Waals surface area (Å²) in [6.45, 7) is 8.08. The molecule has 0 amide bonds. The number of hydrogen-bond donors (Lipinski definition) is 4. The van der Waals surface area contributed by atoms with Crippen molar-refractivity contribution in [3.8, 4) is 0 Å². The van der Waals surface area contributed by atoms with Gasteiger partial charge in [-0.2, -0.15) is 0 Å². The Morgan fingerprint density at radius 3 is 2.43 bits per heavy atom. The van der Waals surface area contributed by atoms with E-state index in [2.05, 4.69) is 0 Å². The molecule has 28 heavy (non-hydrogen) atoms. The maximum absolute atomic E-state index is 12.1. The van der Waals surface area contributed by atoms with Crippen molar-refractivity contribution >= 4 is 11.9 Å². The van der Waals surface area contributed by atoms with Crippen LogP contribution in [0.1, 0.15) is 53.9 Å². The number of aliphatic carboxylic acids is 1. The molecule has 0 spiro atoms. The number of aliphatic hydroxyl groups excluding tert-OH is 3. The van der Waals surface area contributed by atoms with Crippen LogP contribution in [0.5, 0.6) is 0 Å². The molecule has 0 aromatic carbocycles. The molecule has 0 radical (unpaired) electrons. The largest absolute Gasteiger partial charge is 0.481 e. The number of aliphatic hydroxyl groups is 3. The van der Waals surface area contributed by atoms with Gasteiger partial charge in [0.25, 0.3) is 0 Å². The van der Waals surface area contributed by atoms with Crippen molar-refractivity contribution in [2.75, 3.05) is 0 Å². The first-order valence-electron chi connectivity index (χ1n) is 9.79. The van der Waals surface area contributed by atoms with E-state index in [0.29, 0.717) is 6.42 Å². The van der Waals surface area contributed by atoms with E-state index in [9.17, 15) is 24.9 Å². The lowest BCUT2D eigenvalue weighted by Gasteiger charge is -2.50. The summed E-state index contributed by atoms with van der Waals surface area (Å²) in [7, 11) is 0. The average molecular weight is 402 g/mol. The molecule has 8 atom stereocenters. The van der Waals surface area contributed by atoms with Crippen LogP contribution >= 0.6 is 0 Å². The van der Waals surface area contributed by atoms with Crippen molar-refractivity contribution in [1.82, 2.24) is 0 Å². The first kappa shape index (κ1) is 24.6. The summed E-state index contributed by atoms with van der Waals surface area (Å²) in [5, 5.41) is 40.1. The van der Waals surface area contributed by atoms with Gasteiger partial charge in [0.2, 0.25) is 0 Å². The summed E-state index contributed by atoms with van der Waals surface area (Å²) in [5.74, 6) is -3.62. The summed E-state index contributed by atoms with van der Waals surface area (Å²) in [4.78, 5) is 23.3. The molecular weight excluding hydrogens is 368 g/mol. The Balaban J connectivity index is 2.82. The van der Waals surface area contributed by atoms with Gasteiger partial charge in [0.15, 0.2) is 0 Å². The molecule has 0 aromatic heterocycles. The van der Waals surface area contributed by atoms with Crippen molar-refractivity contribution in [3.63, 3.8) is 0 Å². The zero-order valence-corrected chi connectivity index (χ0v) is 17.2. The fourth-order valence-corrected chi connectivity index (χ4v) is 3.62. The average Bonchev–Trinajstić information content (AvgIpc) is 2.64. The van der Waals surface area contributed by atoms with Crippen molar-refractivity contribution in [2.45, 2.75) is 90.0 Å². The highest BCUT2D eigenvalue weighted by Gasteiger charge is 2.55. The lowest BCUT2D eigenvalue weighted by molar-refractivity contribution is -0.276. The number of carbonyl (C=O) groups is 2. The Kier molecular flexibility index (Phi) is 9.07. The third kappa shape index (κ3) is 5.76. The minimum Gasteiger partial charge on any atom is -0.481 e. The fraction of sp³-hybridized carbons (Fsp3) is 0.800. The maximum atomic E-state index is 12.1. The summed E-state index contributed by atoms with van der Waals surface area (Å²) in [5.41, 5.74) is -1.52. The van der Waals surface area contributed by atoms with E-state index in [0.717, 1.165) is 18.9 Å². The van der Waals surface area contributed by atoms with Crippen LogP contribution in [-0.4, -0.2) is 68.5 Å². The highest BCUT2D eigenvalue weighted by molar-refractivity contribution is 5.82. The Hall–Kier alpha value is -1.48. The van der Waals surface area contributed by atoms with E-state index in [-0.39, 0.29) is 0 Å². The van der Waals surface area contributed by atoms with Crippen LogP contribution in [0.25, 0.3) is 0 Å². The van der Waals surface area contributed by atoms with Gasteiger partial charge in [-0.25, -0.2) is 4.79 Å². The molecule has 162 valence electrons. The summed E-state index contributed by atoms with van der Waals surface area (Å²) in [6, 6.07) is 0.